The van der Waals surface area contributed by atoms with Crippen LogP contribution < -0.4 is 14.2 Å². The highest BCUT2D eigenvalue weighted by molar-refractivity contribution is 5.88. The van der Waals surface area contributed by atoms with Gasteiger partial charge in [0.15, 0.2) is 0 Å². The zero-order valence-electron chi connectivity index (χ0n) is 25.7. The second kappa shape index (κ2) is 15.7. The van der Waals surface area contributed by atoms with E-state index in [9.17, 15) is 0 Å². The van der Waals surface area contributed by atoms with Gasteiger partial charge in [0.25, 0.3) is 0 Å². The molecule has 0 spiro atoms. The average Bonchev–Trinajstić information content (AvgIpc) is 3.16. The Morgan fingerprint density at radius 3 is 1.88 bits per heavy atom. The standard InChI is InChI=1S/C37H48N2O3/c1-3-5-24-40-34-17-13-31(14-18-34)37-28-32-27-35(41-25-6-4-2)19-20-36(32)39(37)29-30-11-15-33(16-12-30)42-26-23-38-21-9-7-8-10-22-38/h11-20,27-28H,3-10,21-26,29H2,1-2H3. The highest BCUT2D eigenvalue weighted by atomic mass is 16.5. The van der Waals surface area contributed by atoms with E-state index in [1.54, 1.807) is 0 Å². The summed E-state index contributed by atoms with van der Waals surface area (Å²) in [6.07, 6.45) is 9.75. The molecule has 4 aromatic rings. The minimum absolute atomic E-state index is 0.743. The number of nitrogens with zero attached hydrogens (tertiary/aromatic N) is 2. The normalized spacial score (nSPS) is 14.1. The fraction of sp³-hybridized carbons (Fsp3) is 0.459. The van der Waals surface area contributed by atoms with E-state index in [4.69, 9.17) is 14.2 Å². The first-order valence-electron chi connectivity index (χ1n) is 16.2. The molecule has 1 fully saturated rings. The first-order chi connectivity index (χ1) is 20.7. The maximum atomic E-state index is 6.13. The van der Waals surface area contributed by atoms with E-state index in [2.05, 4.69) is 96.1 Å². The minimum Gasteiger partial charge on any atom is -0.494 e. The summed E-state index contributed by atoms with van der Waals surface area (Å²) in [6, 6.07) is 25.9. The summed E-state index contributed by atoms with van der Waals surface area (Å²) < 4.78 is 20.5. The molecular weight excluding hydrogens is 520 g/mol. The predicted molar refractivity (Wildman–Crippen MR) is 174 cm³/mol. The molecule has 1 aliphatic rings. The number of hydrogen-bond donors (Lipinski definition) is 0. The van der Waals surface area contributed by atoms with Gasteiger partial charge in [0, 0.05) is 29.7 Å². The number of aromatic nitrogens is 1. The lowest BCUT2D eigenvalue weighted by Crippen LogP contribution is -2.29. The van der Waals surface area contributed by atoms with E-state index in [-0.39, 0.29) is 0 Å². The SMILES string of the molecule is CCCCOc1ccc(-c2cc3cc(OCCCC)ccc3n2Cc2ccc(OCCN3CCCCCC3)cc2)cc1. The number of unbranched alkanes of at least 4 members (excludes halogenated alkanes) is 2. The van der Waals surface area contributed by atoms with Crippen LogP contribution in [0.1, 0.15) is 70.8 Å². The van der Waals surface area contributed by atoms with Crippen LogP contribution in [0.25, 0.3) is 22.2 Å². The van der Waals surface area contributed by atoms with E-state index in [0.29, 0.717) is 0 Å². The summed E-state index contributed by atoms with van der Waals surface area (Å²) in [6.45, 7) is 10.8. The molecule has 5 nitrogen and oxygen atoms in total. The Morgan fingerprint density at radius 2 is 1.21 bits per heavy atom. The quantitative estimate of drug-likeness (QED) is 0.134. The second-order valence-electron chi connectivity index (χ2n) is 11.5. The van der Waals surface area contributed by atoms with Crippen molar-refractivity contribution in [3.05, 3.63) is 78.4 Å². The number of benzene rings is 3. The zero-order chi connectivity index (χ0) is 29.0. The molecule has 5 rings (SSSR count). The van der Waals surface area contributed by atoms with Gasteiger partial charge in [-0.25, -0.2) is 0 Å². The largest absolute Gasteiger partial charge is 0.494 e. The van der Waals surface area contributed by atoms with Crippen LogP contribution in [0.3, 0.4) is 0 Å². The fourth-order valence-electron chi connectivity index (χ4n) is 5.66. The van der Waals surface area contributed by atoms with Crippen LogP contribution in [-0.4, -0.2) is 48.9 Å². The van der Waals surface area contributed by atoms with Gasteiger partial charge in [-0.3, -0.25) is 4.90 Å². The molecule has 1 saturated heterocycles. The van der Waals surface area contributed by atoms with Crippen LogP contribution in [0, 0.1) is 0 Å². The van der Waals surface area contributed by atoms with Gasteiger partial charge < -0.3 is 18.8 Å². The molecule has 1 aromatic heterocycles. The minimum atomic E-state index is 0.743. The van der Waals surface area contributed by atoms with Gasteiger partial charge >= 0.3 is 0 Å². The molecule has 224 valence electrons. The van der Waals surface area contributed by atoms with E-state index in [0.717, 1.165) is 75.8 Å². The smallest absolute Gasteiger partial charge is 0.120 e. The number of rotatable bonds is 15. The molecule has 0 atom stereocenters. The van der Waals surface area contributed by atoms with Crippen molar-refractivity contribution in [2.24, 2.45) is 0 Å². The number of hydrogen-bond acceptors (Lipinski definition) is 4. The van der Waals surface area contributed by atoms with E-state index < -0.39 is 0 Å². The van der Waals surface area contributed by atoms with Gasteiger partial charge in [-0.2, -0.15) is 0 Å². The molecule has 0 radical (unpaired) electrons. The molecule has 0 bridgehead atoms. The Bertz CT molecular complexity index is 1350. The lowest BCUT2D eigenvalue weighted by atomic mass is 10.1. The Morgan fingerprint density at radius 1 is 0.619 bits per heavy atom. The van der Waals surface area contributed by atoms with Gasteiger partial charge in [0.1, 0.15) is 23.9 Å². The van der Waals surface area contributed by atoms with Crippen molar-refractivity contribution in [2.45, 2.75) is 71.8 Å². The highest BCUT2D eigenvalue weighted by Crippen LogP contribution is 2.33. The Labute approximate surface area is 252 Å². The fourth-order valence-corrected chi connectivity index (χ4v) is 5.66. The predicted octanol–water partition coefficient (Wildman–Crippen LogP) is 8.97. The van der Waals surface area contributed by atoms with Gasteiger partial charge in [0.05, 0.1) is 13.2 Å². The zero-order valence-corrected chi connectivity index (χ0v) is 25.7. The molecule has 0 saturated carbocycles. The van der Waals surface area contributed by atoms with Crippen molar-refractivity contribution in [3.8, 4) is 28.5 Å². The molecule has 1 aliphatic heterocycles. The lowest BCUT2D eigenvalue weighted by Gasteiger charge is -2.19. The number of likely N-dealkylation sites (tertiary alicyclic amines) is 1. The Kier molecular flexibility index (Phi) is 11.2. The van der Waals surface area contributed by atoms with Crippen molar-refractivity contribution in [1.29, 1.82) is 0 Å². The van der Waals surface area contributed by atoms with Crippen molar-refractivity contribution >= 4 is 10.9 Å². The summed E-state index contributed by atoms with van der Waals surface area (Å²) in [5.41, 5.74) is 4.81. The van der Waals surface area contributed by atoms with E-state index in [1.807, 2.05) is 0 Å². The topological polar surface area (TPSA) is 35.9 Å². The first-order valence-corrected chi connectivity index (χ1v) is 16.2. The van der Waals surface area contributed by atoms with Crippen molar-refractivity contribution in [2.75, 3.05) is 39.5 Å². The second-order valence-corrected chi connectivity index (χ2v) is 11.5. The van der Waals surface area contributed by atoms with E-state index >= 15 is 0 Å². The van der Waals surface area contributed by atoms with Crippen LogP contribution >= 0.6 is 0 Å². The highest BCUT2D eigenvalue weighted by Gasteiger charge is 2.14. The number of ether oxygens (including phenoxy) is 3. The molecule has 0 unspecified atom stereocenters. The lowest BCUT2D eigenvalue weighted by molar-refractivity contribution is 0.214. The van der Waals surface area contributed by atoms with Crippen LogP contribution in [0.5, 0.6) is 17.2 Å². The van der Waals surface area contributed by atoms with Crippen molar-refractivity contribution < 1.29 is 14.2 Å². The summed E-state index contributed by atoms with van der Waals surface area (Å²) in [5, 5.41) is 1.19. The van der Waals surface area contributed by atoms with Gasteiger partial charge in [-0.1, -0.05) is 51.7 Å². The third-order valence-corrected chi connectivity index (χ3v) is 8.20. The van der Waals surface area contributed by atoms with Gasteiger partial charge in [-0.15, -0.1) is 0 Å². The summed E-state index contributed by atoms with van der Waals surface area (Å²) >= 11 is 0. The summed E-state index contributed by atoms with van der Waals surface area (Å²) in [5.74, 6) is 2.80. The maximum Gasteiger partial charge on any atom is 0.120 e. The molecular formula is C37H48N2O3. The molecule has 3 aromatic carbocycles. The van der Waals surface area contributed by atoms with Crippen LogP contribution in [0.2, 0.25) is 0 Å². The molecule has 5 heteroatoms. The molecule has 0 N–H and O–H groups in total. The van der Waals surface area contributed by atoms with Gasteiger partial charge in [-0.05, 0) is 111 Å². The average molecular weight is 569 g/mol. The molecule has 0 amide bonds. The van der Waals surface area contributed by atoms with Crippen LogP contribution in [-0.2, 0) is 6.54 Å². The Balaban J connectivity index is 1.32. The monoisotopic (exact) mass is 568 g/mol. The maximum absolute atomic E-state index is 6.13. The molecule has 42 heavy (non-hydrogen) atoms. The summed E-state index contributed by atoms with van der Waals surface area (Å²) in [7, 11) is 0. The van der Waals surface area contributed by atoms with Gasteiger partial charge in [0.2, 0.25) is 0 Å². The van der Waals surface area contributed by atoms with Crippen molar-refractivity contribution in [3.63, 3.8) is 0 Å². The van der Waals surface area contributed by atoms with Crippen LogP contribution in [0.15, 0.2) is 72.8 Å². The molecule has 0 aliphatic carbocycles. The first kappa shape index (κ1) is 30.0. The molecule has 2 heterocycles. The van der Waals surface area contributed by atoms with E-state index in [1.165, 1.54) is 66.5 Å². The Hall–Kier alpha value is -3.44. The third-order valence-electron chi connectivity index (χ3n) is 8.20. The van der Waals surface area contributed by atoms with Crippen LogP contribution in [0.4, 0.5) is 0 Å². The third kappa shape index (κ3) is 8.32. The number of fused-ring (bicyclic) bond motifs is 1. The summed E-state index contributed by atoms with van der Waals surface area (Å²) in [4.78, 5) is 2.55. The van der Waals surface area contributed by atoms with Crippen molar-refractivity contribution in [1.82, 2.24) is 9.47 Å².